The standard InChI is InChI=1S/C15H23NO3/c1-3-13(11-17)16-15(18)10-9-12-7-5-6-8-14(12)19-4-2/h5-8,13,17H,3-4,9-11H2,1-2H3,(H,16,18). The average Bonchev–Trinajstić information content (AvgIpc) is 2.44. The second-order valence-corrected chi connectivity index (χ2v) is 4.40. The number of aliphatic hydroxyl groups excluding tert-OH is 1. The molecule has 0 heterocycles. The number of aryl methyl sites for hydroxylation is 1. The first-order valence-corrected chi connectivity index (χ1v) is 6.82. The van der Waals surface area contributed by atoms with Crippen LogP contribution in [0.15, 0.2) is 24.3 Å². The summed E-state index contributed by atoms with van der Waals surface area (Å²) >= 11 is 0. The fraction of sp³-hybridized carbons (Fsp3) is 0.533. The molecule has 0 aliphatic heterocycles. The van der Waals surface area contributed by atoms with E-state index in [1.807, 2.05) is 38.1 Å². The summed E-state index contributed by atoms with van der Waals surface area (Å²) in [6.07, 6.45) is 1.78. The number of nitrogens with one attached hydrogen (secondary N) is 1. The molecular formula is C15H23NO3. The Morgan fingerprint density at radius 3 is 2.74 bits per heavy atom. The Balaban J connectivity index is 2.50. The molecule has 0 radical (unpaired) electrons. The molecule has 0 aliphatic rings. The maximum Gasteiger partial charge on any atom is 0.220 e. The molecule has 19 heavy (non-hydrogen) atoms. The lowest BCUT2D eigenvalue weighted by atomic mass is 10.1. The minimum Gasteiger partial charge on any atom is -0.494 e. The van der Waals surface area contributed by atoms with E-state index in [1.54, 1.807) is 0 Å². The minimum atomic E-state index is -0.144. The molecule has 1 amide bonds. The van der Waals surface area contributed by atoms with Crippen LogP contribution in [0, 0.1) is 0 Å². The molecule has 1 unspecified atom stereocenters. The van der Waals surface area contributed by atoms with Crippen molar-refractivity contribution < 1.29 is 14.6 Å². The Morgan fingerprint density at radius 1 is 1.37 bits per heavy atom. The van der Waals surface area contributed by atoms with E-state index >= 15 is 0 Å². The highest BCUT2D eigenvalue weighted by molar-refractivity contribution is 5.76. The number of rotatable bonds is 8. The van der Waals surface area contributed by atoms with Crippen LogP contribution in [0.25, 0.3) is 0 Å². The third-order valence-electron chi connectivity index (χ3n) is 2.97. The Hall–Kier alpha value is -1.55. The summed E-state index contributed by atoms with van der Waals surface area (Å²) in [6, 6.07) is 7.61. The molecule has 1 rings (SSSR count). The van der Waals surface area contributed by atoms with Crippen molar-refractivity contribution in [1.29, 1.82) is 0 Å². The van der Waals surface area contributed by atoms with Crippen molar-refractivity contribution in [3.05, 3.63) is 29.8 Å². The van der Waals surface area contributed by atoms with Gasteiger partial charge in [0.25, 0.3) is 0 Å². The van der Waals surface area contributed by atoms with Crippen molar-refractivity contribution in [3.8, 4) is 5.75 Å². The second-order valence-electron chi connectivity index (χ2n) is 4.40. The van der Waals surface area contributed by atoms with Gasteiger partial charge in [-0.2, -0.15) is 0 Å². The van der Waals surface area contributed by atoms with Crippen molar-refractivity contribution in [1.82, 2.24) is 5.32 Å². The van der Waals surface area contributed by atoms with Crippen LogP contribution in [-0.4, -0.2) is 30.3 Å². The molecule has 0 saturated heterocycles. The molecule has 4 heteroatoms. The number of hydrogen-bond acceptors (Lipinski definition) is 3. The lowest BCUT2D eigenvalue weighted by Crippen LogP contribution is -2.37. The summed E-state index contributed by atoms with van der Waals surface area (Å²) in [6.45, 7) is 4.48. The van der Waals surface area contributed by atoms with Crippen molar-refractivity contribution in [2.24, 2.45) is 0 Å². The number of hydrogen-bond donors (Lipinski definition) is 2. The Kier molecular flexibility index (Phi) is 6.97. The molecule has 0 aliphatic carbocycles. The van der Waals surface area contributed by atoms with Gasteiger partial charge < -0.3 is 15.2 Å². The van der Waals surface area contributed by atoms with E-state index in [4.69, 9.17) is 9.84 Å². The number of ether oxygens (including phenoxy) is 1. The van der Waals surface area contributed by atoms with Gasteiger partial charge in [-0.05, 0) is 31.4 Å². The molecule has 4 nitrogen and oxygen atoms in total. The molecule has 2 N–H and O–H groups in total. The number of para-hydroxylation sites is 1. The van der Waals surface area contributed by atoms with E-state index in [1.165, 1.54) is 0 Å². The third-order valence-corrected chi connectivity index (χ3v) is 2.97. The second kappa shape index (κ2) is 8.53. The molecule has 106 valence electrons. The average molecular weight is 265 g/mol. The van der Waals surface area contributed by atoms with Crippen LogP contribution in [0.4, 0.5) is 0 Å². The van der Waals surface area contributed by atoms with E-state index in [2.05, 4.69) is 5.32 Å². The summed E-state index contributed by atoms with van der Waals surface area (Å²) in [5.74, 6) is 0.805. The number of aliphatic hydroxyl groups is 1. The van der Waals surface area contributed by atoms with Crippen LogP contribution in [0.3, 0.4) is 0 Å². The minimum absolute atomic E-state index is 0.0161. The van der Waals surface area contributed by atoms with Crippen molar-refractivity contribution in [2.45, 2.75) is 39.2 Å². The quantitative estimate of drug-likeness (QED) is 0.755. The van der Waals surface area contributed by atoms with Crippen LogP contribution in [0.2, 0.25) is 0 Å². The van der Waals surface area contributed by atoms with Crippen molar-refractivity contribution in [2.75, 3.05) is 13.2 Å². The molecule has 0 bridgehead atoms. The Labute approximate surface area is 114 Å². The van der Waals surface area contributed by atoms with Gasteiger partial charge in [-0.3, -0.25) is 4.79 Å². The van der Waals surface area contributed by atoms with E-state index < -0.39 is 0 Å². The molecule has 1 aromatic carbocycles. The van der Waals surface area contributed by atoms with E-state index in [9.17, 15) is 4.79 Å². The van der Waals surface area contributed by atoms with E-state index in [-0.39, 0.29) is 18.6 Å². The zero-order chi connectivity index (χ0) is 14.1. The number of carbonyl (C=O) groups is 1. The summed E-state index contributed by atoms with van der Waals surface area (Å²) < 4.78 is 5.52. The molecule has 0 saturated carbocycles. The maximum absolute atomic E-state index is 11.8. The lowest BCUT2D eigenvalue weighted by molar-refractivity contribution is -0.122. The monoisotopic (exact) mass is 265 g/mol. The molecule has 0 aromatic heterocycles. The summed E-state index contributed by atoms with van der Waals surface area (Å²) in [5, 5.41) is 11.8. The number of amides is 1. The summed E-state index contributed by atoms with van der Waals surface area (Å²) in [4.78, 5) is 11.8. The molecular weight excluding hydrogens is 242 g/mol. The largest absolute Gasteiger partial charge is 0.494 e. The smallest absolute Gasteiger partial charge is 0.220 e. The topological polar surface area (TPSA) is 58.6 Å². The maximum atomic E-state index is 11.8. The number of carbonyl (C=O) groups excluding carboxylic acids is 1. The van der Waals surface area contributed by atoms with Gasteiger partial charge in [0, 0.05) is 6.42 Å². The predicted octanol–water partition coefficient (Wildman–Crippen LogP) is 1.90. The SMILES string of the molecule is CCOc1ccccc1CCC(=O)NC(CC)CO. The van der Waals surface area contributed by atoms with Crippen LogP contribution in [-0.2, 0) is 11.2 Å². The van der Waals surface area contributed by atoms with Crippen molar-refractivity contribution in [3.63, 3.8) is 0 Å². The van der Waals surface area contributed by atoms with Crippen LogP contribution in [0.5, 0.6) is 5.75 Å². The van der Waals surface area contributed by atoms with Crippen LogP contribution >= 0.6 is 0 Å². The van der Waals surface area contributed by atoms with Gasteiger partial charge in [0.05, 0.1) is 19.3 Å². The van der Waals surface area contributed by atoms with E-state index in [0.29, 0.717) is 19.4 Å². The van der Waals surface area contributed by atoms with Gasteiger partial charge in [0.1, 0.15) is 5.75 Å². The van der Waals surface area contributed by atoms with Gasteiger partial charge in [-0.25, -0.2) is 0 Å². The van der Waals surface area contributed by atoms with Gasteiger partial charge in [-0.15, -0.1) is 0 Å². The zero-order valence-electron chi connectivity index (χ0n) is 11.7. The first kappa shape index (κ1) is 15.5. The molecule has 1 aromatic rings. The summed E-state index contributed by atoms with van der Waals surface area (Å²) in [7, 11) is 0. The fourth-order valence-corrected chi connectivity index (χ4v) is 1.83. The first-order chi connectivity index (χ1) is 9.21. The van der Waals surface area contributed by atoms with Gasteiger partial charge in [0.15, 0.2) is 0 Å². The molecule has 1 atom stereocenters. The summed E-state index contributed by atoms with van der Waals surface area (Å²) in [5.41, 5.74) is 1.04. The first-order valence-electron chi connectivity index (χ1n) is 6.82. The van der Waals surface area contributed by atoms with Crippen molar-refractivity contribution >= 4 is 5.91 Å². The lowest BCUT2D eigenvalue weighted by Gasteiger charge is -2.14. The highest BCUT2D eigenvalue weighted by atomic mass is 16.5. The predicted molar refractivity (Wildman–Crippen MR) is 75.2 cm³/mol. The molecule has 0 fully saturated rings. The normalized spacial score (nSPS) is 11.9. The van der Waals surface area contributed by atoms with Crippen LogP contribution in [0.1, 0.15) is 32.3 Å². The molecule has 0 spiro atoms. The van der Waals surface area contributed by atoms with Gasteiger partial charge in [0.2, 0.25) is 5.91 Å². The third kappa shape index (κ3) is 5.30. The Bertz CT molecular complexity index is 389. The highest BCUT2D eigenvalue weighted by Crippen LogP contribution is 2.19. The van der Waals surface area contributed by atoms with E-state index in [0.717, 1.165) is 17.7 Å². The van der Waals surface area contributed by atoms with Gasteiger partial charge in [-0.1, -0.05) is 25.1 Å². The Morgan fingerprint density at radius 2 is 2.11 bits per heavy atom. The number of benzene rings is 1. The highest BCUT2D eigenvalue weighted by Gasteiger charge is 2.10. The fourth-order valence-electron chi connectivity index (χ4n) is 1.83. The zero-order valence-corrected chi connectivity index (χ0v) is 11.7. The van der Waals surface area contributed by atoms with Gasteiger partial charge >= 0.3 is 0 Å². The van der Waals surface area contributed by atoms with Crippen LogP contribution < -0.4 is 10.1 Å².